The molecule has 224 valence electrons. The average Bonchev–Trinajstić information content (AvgIpc) is 3.59. The number of aliphatic carboxylic acids is 2. The van der Waals surface area contributed by atoms with E-state index in [1.807, 2.05) is 32.9 Å². The summed E-state index contributed by atoms with van der Waals surface area (Å²) in [6.45, 7) is 14.9. The molecular formula is C33H36LiN4O6+. The number of carboxylic acid groups (broad SMARTS) is 2. The number of carbonyl (C=O) groups is 4. The Morgan fingerprint density at radius 1 is 0.705 bits per heavy atom. The molecule has 4 heterocycles. The van der Waals surface area contributed by atoms with Crippen LogP contribution in [0.1, 0.15) is 71.7 Å². The number of aromatic nitrogens is 2. The van der Waals surface area contributed by atoms with Crippen LogP contribution < -0.4 is 29.5 Å². The second kappa shape index (κ2) is 13.8. The predicted octanol–water partition coefficient (Wildman–Crippen LogP) is 1.54. The SMILES string of the molecule is C=CC1=C(C)/C(=C/c2[nH]c(Cc3[nH]c(/C=C4\NC(=O)C(C)=C4C=C)c(C)c3CCC(=O)O)c(CCC(=O)O)c2C)NC1=O.[Li+]. The van der Waals surface area contributed by atoms with E-state index >= 15 is 0 Å². The first-order valence-corrected chi connectivity index (χ1v) is 13.9. The van der Waals surface area contributed by atoms with Gasteiger partial charge in [-0.2, -0.15) is 0 Å². The Labute approximate surface area is 268 Å². The topological polar surface area (TPSA) is 164 Å². The van der Waals surface area contributed by atoms with Crippen LogP contribution in [-0.2, 0) is 38.4 Å². The molecule has 0 saturated carbocycles. The van der Waals surface area contributed by atoms with E-state index in [1.54, 1.807) is 13.0 Å². The minimum atomic E-state index is -0.922. The van der Waals surface area contributed by atoms with Crippen molar-refractivity contribution in [3.8, 4) is 0 Å². The van der Waals surface area contributed by atoms with E-state index in [0.717, 1.165) is 50.6 Å². The number of rotatable bonds is 12. The van der Waals surface area contributed by atoms with Gasteiger partial charge in [-0.25, -0.2) is 0 Å². The second-order valence-electron chi connectivity index (χ2n) is 10.7. The van der Waals surface area contributed by atoms with Gasteiger partial charge in [0.15, 0.2) is 0 Å². The van der Waals surface area contributed by atoms with Gasteiger partial charge in [0.05, 0.1) is 5.70 Å². The van der Waals surface area contributed by atoms with E-state index in [0.29, 0.717) is 34.5 Å². The monoisotopic (exact) mass is 591 g/mol. The van der Waals surface area contributed by atoms with Crippen molar-refractivity contribution in [3.63, 3.8) is 0 Å². The van der Waals surface area contributed by atoms with Crippen molar-refractivity contribution in [2.24, 2.45) is 0 Å². The zero-order valence-corrected chi connectivity index (χ0v) is 25.8. The van der Waals surface area contributed by atoms with Crippen LogP contribution in [0.15, 0.2) is 59.0 Å². The minimum absolute atomic E-state index is 0. The van der Waals surface area contributed by atoms with Gasteiger partial charge in [0.2, 0.25) is 0 Å². The van der Waals surface area contributed by atoms with Gasteiger partial charge in [-0.15, -0.1) is 0 Å². The van der Waals surface area contributed by atoms with Crippen molar-refractivity contribution in [3.05, 3.63) is 104 Å². The van der Waals surface area contributed by atoms with Crippen LogP contribution in [0, 0.1) is 13.8 Å². The number of H-pyrrole nitrogens is 2. The molecule has 11 heteroatoms. The third kappa shape index (κ3) is 6.83. The maximum atomic E-state index is 12.3. The standard InChI is InChI=1S/C33H36N4O6.Li/c1-7-20-19(6)32(42)37-27(20)14-25-18(5)23(10-12-31(40)41)29(35-25)15-28-22(9-11-30(38)39)17(4)24(34-28)13-26-16(3)21(8-2)33(43)36-26;/h7-8,13-14,34-35H,1-2,9-12,15H2,3-6H3,(H,36,43)(H,37,42)(H,38,39)(H,40,41);/q;+1/b26-13-,27-14-;. The molecule has 2 amide bonds. The molecule has 0 fully saturated rings. The average molecular weight is 592 g/mol. The summed E-state index contributed by atoms with van der Waals surface area (Å²) in [5.74, 6) is -2.28. The molecule has 44 heavy (non-hydrogen) atoms. The summed E-state index contributed by atoms with van der Waals surface area (Å²) in [6, 6.07) is 0. The maximum Gasteiger partial charge on any atom is 1.00 e. The quantitative estimate of drug-likeness (QED) is 0.205. The Balaban J connectivity index is 0.00000529. The van der Waals surface area contributed by atoms with Crippen molar-refractivity contribution in [2.45, 2.75) is 59.8 Å². The first-order valence-electron chi connectivity index (χ1n) is 13.9. The van der Waals surface area contributed by atoms with E-state index in [-0.39, 0.29) is 56.4 Å². The normalized spacial score (nSPS) is 16.5. The number of amides is 2. The van der Waals surface area contributed by atoms with Crippen LogP contribution >= 0.6 is 0 Å². The van der Waals surface area contributed by atoms with Crippen LogP contribution in [0.3, 0.4) is 0 Å². The van der Waals surface area contributed by atoms with Crippen LogP contribution in [0.5, 0.6) is 0 Å². The number of hydrogen-bond donors (Lipinski definition) is 6. The Morgan fingerprint density at radius 2 is 1.16 bits per heavy atom. The van der Waals surface area contributed by atoms with Gasteiger partial charge in [0, 0.05) is 64.5 Å². The van der Waals surface area contributed by atoms with E-state index in [1.165, 1.54) is 6.08 Å². The number of hydrogen-bond acceptors (Lipinski definition) is 4. The third-order valence-electron chi connectivity index (χ3n) is 8.11. The van der Waals surface area contributed by atoms with Gasteiger partial charge in [-0.05, 0) is 80.5 Å². The number of carboxylic acids is 2. The molecule has 0 bridgehead atoms. The van der Waals surface area contributed by atoms with Crippen molar-refractivity contribution in [2.75, 3.05) is 0 Å². The molecule has 0 aliphatic carbocycles. The van der Waals surface area contributed by atoms with Gasteiger partial charge in [-0.3, -0.25) is 19.2 Å². The molecule has 6 N–H and O–H groups in total. The summed E-state index contributed by atoms with van der Waals surface area (Å²) < 4.78 is 0. The molecule has 0 saturated heterocycles. The number of carbonyl (C=O) groups excluding carboxylic acids is 2. The number of aromatic amines is 2. The summed E-state index contributed by atoms with van der Waals surface area (Å²) in [5.41, 5.74) is 10.2. The first-order chi connectivity index (χ1) is 20.4. The van der Waals surface area contributed by atoms with Crippen molar-refractivity contribution in [1.82, 2.24) is 20.6 Å². The molecule has 2 aliphatic rings. The third-order valence-corrected chi connectivity index (χ3v) is 8.11. The first kappa shape index (κ1) is 34.0. The molecule has 2 aromatic heterocycles. The second-order valence-corrected chi connectivity index (χ2v) is 10.7. The molecule has 4 rings (SSSR count). The van der Waals surface area contributed by atoms with Gasteiger partial charge >= 0.3 is 30.8 Å². The van der Waals surface area contributed by atoms with Crippen LogP contribution in [0.25, 0.3) is 12.2 Å². The number of nitrogens with one attached hydrogen (secondary N) is 4. The number of allylic oxidation sites excluding steroid dienone is 2. The molecule has 0 atom stereocenters. The molecule has 0 aromatic carbocycles. The van der Waals surface area contributed by atoms with E-state index < -0.39 is 11.9 Å². The van der Waals surface area contributed by atoms with Crippen molar-refractivity contribution >= 4 is 35.9 Å². The molecule has 10 nitrogen and oxygen atoms in total. The molecular weight excluding hydrogens is 555 g/mol. The Hall–Kier alpha value is -4.52. The minimum Gasteiger partial charge on any atom is -0.481 e. The van der Waals surface area contributed by atoms with Gasteiger partial charge in [-0.1, -0.05) is 25.3 Å². The van der Waals surface area contributed by atoms with E-state index in [2.05, 4.69) is 33.8 Å². The van der Waals surface area contributed by atoms with E-state index in [9.17, 15) is 29.4 Å². The van der Waals surface area contributed by atoms with E-state index in [4.69, 9.17) is 0 Å². The summed E-state index contributed by atoms with van der Waals surface area (Å²) in [6.07, 6.45) is 7.58. The summed E-state index contributed by atoms with van der Waals surface area (Å²) >= 11 is 0. The maximum absolute atomic E-state index is 12.3. The fraction of sp³-hybridized carbons (Fsp3) is 0.273. The van der Waals surface area contributed by atoms with Crippen LogP contribution in [0.2, 0.25) is 0 Å². The zero-order valence-electron chi connectivity index (χ0n) is 25.8. The van der Waals surface area contributed by atoms with Gasteiger partial charge in [0.1, 0.15) is 0 Å². The summed E-state index contributed by atoms with van der Waals surface area (Å²) in [7, 11) is 0. The van der Waals surface area contributed by atoms with Crippen LogP contribution in [-0.4, -0.2) is 43.9 Å². The molecule has 2 aromatic rings. The van der Waals surface area contributed by atoms with Crippen molar-refractivity contribution in [1.29, 1.82) is 0 Å². The Kier molecular flexibility index (Phi) is 10.7. The predicted molar refractivity (Wildman–Crippen MR) is 164 cm³/mol. The molecule has 0 spiro atoms. The fourth-order valence-electron chi connectivity index (χ4n) is 5.61. The zero-order chi connectivity index (χ0) is 31.6. The summed E-state index contributed by atoms with van der Waals surface area (Å²) in [4.78, 5) is 54.5. The van der Waals surface area contributed by atoms with Crippen molar-refractivity contribution < 1.29 is 48.3 Å². The molecule has 2 aliphatic heterocycles. The molecule has 0 unspecified atom stereocenters. The molecule has 0 radical (unpaired) electrons. The van der Waals surface area contributed by atoms with Crippen LogP contribution in [0.4, 0.5) is 0 Å². The van der Waals surface area contributed by atoms with Gasteiger partial charge < -0.3 is 30.8 Å². The smallest absolute Gasteiger partial charge is 0.481 e. The summed E-state index contributed by atoms with van der Waals surface area (Å²) in [5, 5.41) is 24.6. The Bertz CT molecular complexity index is 1710. The largest absolute Gasteiger partial charge is 1.00 e. The van der Waals surface area contributed by atoms with Gasteiger partial charge in [0.25, 0.3) is 11.8 Å². The Morgan fingerprint density at radius 3 is 1.59 bits per heavy atom. The fourth-order valence-corrected chi connectivity index (χ4v) is 5.61.